The summed E-state index contributed by atoms with van der Waals surface area (Å²) in [5.41, 5.74) is 5.27. The van der Waals surface area contributed by atoms with Crippen molar-refractivity contribution in [3.8, 4) is 0 Å². The highest BCUT2D eigenvalue weighted by atomic mass is 32.2. The molecule has 10 heteroatoms. The number of aliphatic hydroxyl groups excluding tert-OH is 1. The summed E-state index contributed by atoms with van der Waals surface area (Å²) in [6.07, 6.45) is 5.68. The van der Waals surface area contributed by atoms with Crippen molar-refractivity contribution >= 4 is 15.9 Å². The van der Waals surface area contributed by atoms with Gasteiger partial charge in [0.15, 0.2) is 5.88 Å². The standard InChI is InChI=1S/C19H36N4O5S/c1-19(2,22(3)15-5-9-23(10-6-15)29(4,26)27)18(25)21-17(24)13-16(20)14-7-11-28-12-8-14/h13-16,24H,5-12,20H2,1-4H3,(H,21,25)/b17-13-. The molecule has 9 nitrogen and oxygen atoms in total. The van der Waals surface area contributed by atoms with Crippen molar-refractivity contribution in [2.24, 2.45) is 11.7 Å². The van der Waals surface area contributed by atoms with E-state index in [9.17, 15) is 18.3 Å². The van der Waals surface area contributed by atoms with Gasteiger partial charge in [-0.25, -0.2) is 12.7 Å². The molecule has 168 valence electrons. The zero-order valence-corrected chi connectivity index (χ0v) is 18.7. The number of likely N-dealkylation sites (N-methyl/N-ethyl adjacent to an activating group) is 1. The number of nitrogens with zero attached hydrogens (tertiary/aromatic N) is 2. The summed E-state index contributed by atoms with van der Waals surface area (Å²) in [6.45, 7) is 5.78. The Morgan fingerprint density at radius 1 is 1.28 bits per heavy atom. The number of rotatable bonds is 7. The molecule has 0 spiro atoms. The molecule has 0 radical (unpaired) electrons. The van der Waals surface area contributed by atoms with E-state index in [1.54, 1.807) is 13.8 Å². The van der Waals surface area contributed by atoms with Crippen LogP contribution in [0.15, 0.2) is 12.0 Å². The van der Waals surface area contributed by atoms with Crippen LogP contribution < -0.4 is 11.1 Å². The lowest BCUT2D eigenvalue weighted by molar-refractivity contribution is -0.132. The quantitative estimate of drug-likeness (QED) is 0.497. The lowest BCUT2D eigenvalue weighted by Crippen LogP contribution is -2.58. The molecule has 1 amide bonds. The summed E-state index contributed by atoms with van der Waals surface area (Å²) < 4.78 is 30.2. The maximum absolute atomic E-state index is 12.8. The maximum Gasteiger partial charge on any atom is 0.246 e. The summed E-state index contributed by atoms with van der Waals surface area (Å²) in [5, 5.41) is 12.8. The molecule has 2 heterocycles. The molecule has 2 saturated heterocycles. The average Bonchev–Trinajstić information content (AvgIpc) is 2.67. The first-order valence-electron chi connectivity index (χ1n) is 10.2. The number of nitrogens with two attached hydrogens (primary N) is 1. The van der Waals surface area contributed by atoms with Gasteiger partial charge < -0.3 is 15.6 Å². The summed E-state index contributed by atoms with van der Waals surface area (Å²) in [6, 6.07) is -0.273. The molecule has 29 heavy (non-hydrogen) atoms. The number of sulfonamides is 1. The molecule has 0 bridgehead atoms. The Balaban J connectivity index is 1.93. The monoisotopic (exact) mass is 432 g/mol. The highest BCUT2D eigenvalue weighted by Crippen LogP contribution is 2.24. The number of hydrogen-bond donors (Lipinski definition) is 3. The van der Waals surface area contributed by atoms with Gasteiger partial charge in [-0.1, -0.05) is 0 Å². The molecule has 0 saturated carbocycles. The largest absolute Gasteiger partial charge is 0.495 e. The van der Waals surface area contributed by atoms with E-state index < -0.39 is 15.6 Å². The Hall–Kier alpha value is -1.20. The van der Waals surface area contributed by atoms with E-state index in [2.05, 4.69) is 5.32 Å². The predicted octanol–water partition coefficient (Wildman–Crippen LogP) is 0.390. The number of carbonyl (C=O) groups excluding carboxylic acids is 1. The van der Waals surface area contributed by atoms with Gasteiger partial charge in [-0.2, -0.15) is 0 Å². The highest BCUT2D eigenvalue weighted by Gasteiger charge is 2.38. The number of aliphatic hydroxyl groups is 1. The van der Waals surface area contributed by atoms with Gasteiger partial charge in [-0.15, -0.1) is 0 Å². The van der Waals surface area contributed by atoms with E-state index in [0.717, 1.165) is 12.8 Å². The zero-order valence-electron chi connectivity index (χ0n) is 17.9. The smallest absolute Gasteiger partial charge is 0.246 e. The summed E-state index contributed by atoms with van der Waals surface area (Å²) in [5.74, 6) is -0.348. The number of hydrogen-bond acceptors (Lipinski definition) is 7. The van der Waals surface area contributed by atoms with Crippen LogP contribution in [0, 0.1) is 5.92 Å². The fourth-order valence-corrected chi connectivity index (χ4v) is 4.78. The van der Waals surface area contributed by atoms with Crippen LogP contribution in [0.1, 0.15) is 39.5 Å². The maximum atomic E-state index is 12.8. The minimum absolute atomic E-state index is 0.0735. The van der Waals surface area contributed by atoms with Gasteiger partial charge in [0.2, 0.25) is 15.9 Å². The summed E-state index contributed by atoms with van der Waals surface area (Å²) in [4.78, 5) is 14.8. The predicted molar refractivity (Wildman–Crippen MR) is 112 cm³/mol. The van der Waals surface area contributed by atoms with E-state index in [-0.39, 0.29) is 29.8 Å². The van der Waals surface area contributed by atoms with Crippen molar-refractivity contribution in [2.75, 3.05) is 39.6 Å². The third-order valence-corrected chi connectivity index (χ3v) is 7.58. The lowest BCUT2D eigenvalue weighted by atomic mass is 9.92. The lowest BCUT2D eigenvalue weighted by Gasteiger charge is -2.43. The van der Waals surface area contributed by atoms with E-state index in [0.29, 0.717) is 39.1 Å². The van der Waals surface area contributed by atoms with Gasteiger partial charge in [0.05, 0.1) is 11.8 Å². The first kappa shape index (κ1) is 24.1. The topological polar surface area (TPSA) is 125 Å². The molecule has 0 aromatic heterocycles. The fraction of sp³-hybridized carbons (Fsp3) is 0.842. The van der Waals surface area contributed by atoms with E-state index in [4.69, 9.17) is 10.5 Å². The molecule has 0 aliphatic carbocycles. The van der Waals surface area contributed by atoms with Gasteiger partial charge >= 0.3 is 0 Å². The molecule has 1 unspecified atom stereocenters. The molecule has 2 aliphatic rings. The Kier molecular flexibility index (Phi) is 8.08. The molecule has 2 aliphatic heterocycles. The van der Waals surface area contributed by atoms with Crippen LogP contribution in [-0.2, 0) is 19.6 Å². The van der Waals surface area contributed by atoms with Crippen LogP contribution >= 0.6 is 0 Å². The average molecular weight is 433 g/mol. The second kappa shape index (κ2) is 9.74. The normalized spacial score (nSPS) is 22.6. The third-order valence-electron chi connectivity index (χ3n) is 6.28. The van der Waals surface area contributed by atoms with Crippen LogP contribution in [0.25, 0.3) is 0 Å². The van der Waals surface area contributed by atoms with Crippen LogP contribution in [0.3, 0.4) is 0 Å². The molecular formula is C19H36N4O5S. The Labute approximate surface area is 174 Å². The highest BCUT2D eigenvalue weighted by molar-refractivity contribution is 7.88. The molecule has 0 aromatic carbocycles. The Morgan fingerprint density at radius 2 is 1.83 bits per heavy atom. The van der Waals surface area contributed by atoms with Crippen molar-refractivity contribution in [1.29, 1.82) is 0 Å². The van der Waals surface area contributed by atoms with Gasteiger partial charge in [-0.3, -0.25) is 15.0 Å². The minimum Gasteiger partial charge on any atom is -0.495 e. The first-order valence-corrected chi connectivity index (χ1v) is 12.0. The molecule has 4 N–H and O–H groups in total. The van der Waals surface area contributed by atoms with Gasteiger partial charge in [0, 0.05) is 38.4 Å². The third kappa shape index (κ3) is 6.39. The van der Waals surface area contributed by atoms with E-state index >= 15 is 0 Å². The zero-order chi connectivity index (χ0) is 21.8. The van der Waals surface area contributed by atoms with Crippen molar-refractivity contribution in [3.63, 3.8) is 0 Å². The van der Waals surface area contributed by atoms with Crippen molar-refractivity contribution < 1.29 is 23.1 Å². The number of nitrogens with one attached hydrogen (secondary N) is 1. The van der Waals surface area contributed by atoms with Crippen LogP contribution in [0.4, 0.5) is 0 Å². The summed E-state index contributed by atoms with van der Waals surface area (Å²) >= 11 is 0. The number of ether oxygens (including phenoxy) is 1. The summed E-state index contributed by atoms with van der Waals surface area (Å²) in [7, 11) is -1.33. The van der Waals surface area contributed by atoms with Crippen molar-refractivity contribution in [1.82, 2.24) is 14.5 Å². The SMILES string of the molecule is CN(C1CCN(S(C)(=O)=O)CC1)C(C)(C)C(=O)N/C(O)=C/C(N)C1CCOCC1. The molecular weight excluding hydrogens is 396 g/mol. The van der Waals surface area contributed by atoms with Gasteiger partial charge in [0.1, 0.15) is 0 Å². The van der Waals surface area contributed by atoms with Gasteiger partial charge in [0.25, 0.3) is 0 Å². The van der Waals surface area contributed by atoms with E-state index in [1.807, 2.05) is 11.9 Å². The first-order chi connectivity index (χ1) is 13.4. The minimum atomic E-state index is -3.19. The second-order valence-electron chi connectivity index (χ2n) is 8.60. The number of carbonyl (C=O) groups is 1. The van der Waals surface area contributed by atoms with Crippen molar-refractivity contribution in [3.05, 3.63) is 12.0 Å². The molecule has 0 aromatic rings. The number of piperidine rings is 1. The Bertz CT molecular complexity index is 695. The van der Waals surface area contributed by atoms with Crippen LogP contribution in [-0.4, -0.2) is 85.9 Å². The fourth-order valence-electron chi connectivity index (χ4n) is 3.91. The second-order valence-corrected chi connectivity index (χ2v) is 10.6. The molecule has 2 fully saturated rings. The number of amides is 1. The van der Waals surface area contributed by atoms with Crippen LogP contribution in [0.5, 0.6) is 0 Å². The van der Waals surface area contributed by atoms with E-state index in [1.165, 1.54) is 16.6 Å². The van der Waals surface area contributed by atoms with Gasteiger partial charge in [-0.05, 0) is 58.6 Å². The Morgan fingerprint density at radius 3 is 2.34 bits per heavy atom. The van der Waals surface area contributed by atoms with Crippen LogP contribution in [0.2, 0.25) is 0 Å². The van der Waals surface area contributed by atoms with Crippen molar-refractivity contribution in [2.45, 2.75) is 57.2 Å². The molecule has 1 atom stereocenters. The molecule has 2 rings (SSSR count).